The minimum absolute atomic E-state index is 0.0915. The normalized spacial score (nSPS) is 10.5. The summed E-state index contributed by atoms with van der Waals surface area (Å²) in [5.41, 5.74) is 0.536. The molecule has 0 saturated heterocycles. The molecule has 0 aliphatic heterocycles. The summed E-state index contributed by atoms with van der Waals surface area (Å²) in [4.78, 5) is 14.5. The number of hydrogen-bond acceptors (Lipinski definition) is 5. The van der Waals surface area contributed by atoms with Gasteiger partial charge in [0.05, 0.1) is 6.54 Å². The topological polar surface area (TPSA) is 82.1 Å². The molecule has 0 radical (unpaired) electrons. The Morgan fingerprint density at radius 3 is 2.94 bits per heavy atom. The van der Waals surface area contributed by atoms with Gasteiger partial charge in [-0.2, -0.15) is 5.10 Å². The molecule has 2 rings (SSSR count). The molecule has 17 heavy (non-hydrogen) atoms. The molecule has 7 heteroatoms. The van der Waals surface area contributed by atoms with Gasteiger partial charge in [-0.1, -0.05) is 0 Å². The molecule has 2 heterocycles. The summed E-state index contributed by atoms with van der Waals surface area (Å²) in [6.45, 7) is 2.09. The van der Waals surface area contributed by atoms with Gasteiger partial charge in [0.1, 0.15) is 5.69 Å². The highest BCUT2D eigenvalue weighted by Gasteiger charge is 2.20. The Bertz CT molecular complexity index is 520. The van der Waals surface area contributed by atoms with Gasteiger partial charge >= 0.3 is 0 Å². The van der Waals surface area contributed by atoms with E-state index in [1.54, 1.807) is 20.2 Å². The smallest absolute Gasteiger partial charge is 0.275 e. The number of hydrogen-bond donors (Lipinski definition) is 2. The predicted octanol–water partition coefficient (Wildman–Crippen LogP) is 1.15. The first kappa shape index (κ1) is 11.6. The molecule has 0 atom stereocenters. The fraction of sp³-hybridized carbons (Fsp3) is 0.300. The third kappa shape index (κ3) is 2.28. The van der Waals surface area contributed by atoms with Crippen molar-refractivity contribution in [2.75, 3.05) is 7.05 Å². The molecule has 0 aromatic carbocycles. The first-order valence-electron chi connectivity index (χ1n) is 4.98. The van der Waals surface area contributed by atoms with E-state index in [1.165, 1.54) is 16.4 Å². The number of aryl methyl sites for hydroxylation is 1. The van der Waals surface area contributed by atoms with Crippen LogP contribution in [0.3, 0.4) is 0 Å². The van der Waals surface area contributed by atoms with Crippen molar-refractivity contribution in [3.05, 3.63) is 28.5 Å². The molecule has 0 saturated carbocycles. The number of aromatic hydroxyl groups is 1. The lowest BCUT2D eigenvalue weighted by Crippen LogP contribution is -2.26. The van der Waals surface area contributed by atoms with E-state index in [-0.39, 0.29) is 17.4 Å². The van der Waals surface area contributed by atoms with Crippen LogP contribution in [-0.4, -0.2) is 37.5 Å². The van der Waals surface area contributed by atoms with Crippen LogP contribution in [0.25, 0.3) is 0 Å². The minimum Gasteiger partial charge on any atom is -0.504 e. The van der Waals surface area contributed by atoms with E-state index in [4.69, 9.17) is 0 Å². The van der Waals surface area contributed by atoms with Crippen molar-refractivity contribution in [3.8, 4) is 5.75 Å². The first-order chi connectivity index (χ1) is 8.09. The zero-order chi connectivity index (χ0) is 12.4. The summed E-state index contributed by atoms with van der Waals surface area (Å²) in [6, 6.07) is 1.85. The summed E-state index contributed by atoms with van der Waals surface area (Å²) in [5, 5.41) is 15.9. The lowest BCUT2D eigenvalue weighted by Gasteiger charge is -2.14. The lowest BCUT2D eigenvalue weighted by atomic mass is 10.3. The minimum atomic E-state index is -0.295. The van der Waals surface area contributed by atoms with Crippen LogP contribution in [0.2, 0.25) is 0 Å². The molecule has 1 amide bonds. The third-order valence-electron chi connectivity index (χ3n) is 2.36. The summed E-state index contributed by atoms with van der Waals surface area (Å²) in [5.74, 6) is -0.386. The Labute approximate surface area is 102 Å². The standard InChI is InChI=1S/C10H12N4O2S/c1-6-9(15)8(13-12-6)10(16)14(2)5-7-3-4-11-17-7/h3-4,15H,5H2,1-2H3,(H,12,13). The number of carbonyl (C=O) groups is 1. The number of H-pyrrole nitrogens is 1. The second-order valence-electron chi connectivity index (χ2n) is 3.67. The van der Waals surface area contributed by atoms with Crippen molar-refractivity contribution < 1.29 is 9.90 Å². The van der Waals surface area contributed by atoms with E-state index in [2.05, 4.69) is 14.6 Å². The van der Waals surface area contributed by atoms with Gasteiger partial charge < -0.3 is 10.0 Å². The fourth-order valence-corrected chi connectivity index (χ4v) is 2.03. The van der Waals surface area contributed by atoms with Crippen molar-refractivity contribution in [2.24, 2.45) is 0 Å². The molecule has 0 spiro atoms. The Kier molecular flexibility index (Phi) is 3.10. The predicted molar refractivity (Wildman–Crippen MR) is 62.9 cm³/mol. The second-order valence-corrected chi connectivity index (χ2v) is 4.59. The van der Waals surface area contributed by atoms with Gasteiger partial charge in [-0.25, -0.2) is 4.37 Å². The molecule has 0 unspecified atom stereocenters. The van der Waals surface area contributed by atoms with Crippen molar-refractivity contribution >= 4 is 17.4 Å². The highest BCUT2D eigenvalue weighted by atomic mass is 32.1. The van der Waals surface area contributed by atoms with E-state index >= 15 is 0 Å². The van der Waals surface area contributed by atoms with Crippen LogP contribution < -0.4 is 0 Å². The average molecular weight is 252 g/mol. The highest BCUT2D eigenvalue weighted by Crippen LogP contribution is 2.20. The molecule has 2 N–H and O–H groups in total. The van der Waals surface area contributed by atoms with Gasteiger partial charge in [0.25, 0.3) is 5.91 Å². The molecule has 0 aliphatic carbocycles. The van der Waals surface area contributed by atoms with Crippen LogP contribution >= 0.6 is 11.5 Å². The number of nitrogens with zero attached hydrogens (tertiary/aromatic N) is 3. The zero-order valence-electron chi connectivity index (χ0n) is 9.47. The molecular weight excluding hydrogens is 240 g/mol. The fourth-order valence-electron chi connectivity index (χ4n) is 1.40. The number of aromatic nitrogens is 3. The SMILES string of the molecule is Cc1n[nH]c(C(=O)N(C)Cc2ccns2)c1O. The summed E-state index contributed by atoms with van der Waals surface area (Å²) < 4.78 is 3.96. The van der Waals surface area contributed by atoms with E-state index in [0.717, 1.165) is 4.88 Å². The maximum Gasteiger partial charge on any atom is 0.275 e. The number of amides is 1. The molecule has 0 fully saturated rings. The molecule has 90 valence electrons. The highest BCUT2D eigenvalue weighted by molar-refractivity contribution is 7.05. The van der Waals surface area contributed by atoms with E-state index in [0.29, 0.717) is 12.2 Å². The maximum absolute atomic E-state index is 12.0. The van der Waals surface area contributed by atoms with Gasteiger partial charge in [0.2, 0.25) is 0 Å². The van der Waals surface area contributed by atoms with Gasteiger partial charge in [-0.05, 0) is 24.5 Å². The monoisotopic (exact) mass is 252 g/mol. The molecule has 6 nitrogen and oxygen atoms in total. The molecule has 2 aromatic heterocycles. The molecule has 0 aliphatic rings. The van der Waals surface area contributed by atoms with Gasteiger partial charge in [0.15, 0.2) is 11.4 Å². The number of carbonyl (C=O) groups excluding carboxylic acids is 1. The van der Waals surface area contributed by atoms with E-state index < -0.39 is 0 Å². The summed E-state index contributed by atoms with van der Waals surface area (Å²) >= 11 is 1.34. The Morgan fingerprint density at radius 1 is 1.65 bits per heavy atom. The van der Waals surface area contributed by atoms with Crippen LogP contribution in [0.5, 0.6) is 5.75 Å². The Hall–Kier alpha value is -1.89. The summed E-state index contributed by atoms with van der Waals surface area (Å²) in [6.07, 6.45) is 1.69. The Morgan fingerprint density at radius 2 is 2.41 bits per heavy atom. The zero-order valence-corrected chi connectivity index (χ0v) is 10.3. The van der Waals surface area contributed by atoms with Crippen LogP contribution in [-0.2, 0) is 6.54 Å². The molecular formula is C10H12N4O2S. The number of rotatable bonds is 3. The third-order valence-corrected chi connectivity index (χ3v) is 3.09. The number of nitrogens with one attached hydrogen (secondary N) is 1. The first-order valence-corrected chi connectivity index (χ1v) is 5.76. The van der Waals surface area contributed by atoms with Gasteiger partial charge in [-0.15, -0.1) is 0 Å². The van der Waals surface area contributed by atoms with Gasteiger partial charge in [-0.3, -0.25) is 9.89 Å². The van der Waals surface area contributed by atoms with E-state index in [9.17, 15) is 9.90 Å². The van der Waals surface area contributed by atoms with Crippen LogP contribution in [0.1, 0.15) is 21.1 Å². The molecule has 0 bridgehead atoms. The van der Waals surface area contributed by atoms with Gasteiger partial charge in [0, 0.05) is 18.1 Å². The number of aromatic amines is 1. The van der Waals surface area contributed by atoms with Crippen molar-refractivity contribution in [1.29, 1.82) is 0 Å². The van der Waals surface area contributed by atoms with Crippen LogP contribution in [0.4, 0.5) is 0 Å². The molecule has 2 aromatic rings. The van der Waals surface area contributed by atoms with Crippen LogP contribution in [0.15, 0.2) is 12.3 Å². The average Bonchev–Trinajstić information content (AvgIpc) is 2.90. The second kappa shape index (κ2) is 4.54. The van der Waals surface area contributed by atoms with Crippen molar-refractivity contribution in [2.45, 2.75) is 13.5 Å². The largest absolute Gasteiger partial charge is 0.504 e. The van der Waals surface area contributed by atoms with Crippen molar-refractivity contribution in [3.63, 3.8) is 0 Å². The van der Waals surface area contributed by atoms with E-state index in [1.807, 2.05) is 6.07 Å². The maximum atomic E-state index is 12.0. The summed E-state index contributed by atoms with van der Waals surface area (Å²) in [7, 11) is 1.66. The van der Waals surface area contributed by atoms with Crippen molar-refractivity contribution in [1.82, 2.24) is 19.5 Å². The van der Waals surface area contributed by atoms with Crippen LogP contribution in [0, 0.1) is 6.92 Å². The Balaban J connectivity index is 2.12. The quantitative estimate of drug-likeness (QED) is 0.858. The lowest BCUT2D eigenvalue weighted by molar-refractivity contribution is 0.0777.